The first-order valence-corrected chi connectivity index (χ1v) is 8.78. The summed E-state index contributed by atoms with van der Waals surface area (Å²) in [7, 11) is 3.62. The largest absolute Gasteiger partial charge is 0.488 e. The number of fused-ring (bicyclic) bond motifs is 1. The van der Waals surface area contributed by atoms with Crippen LogP contribution in [0.3, 0.4) is 0 Å². The van der Waals surface area contributed by atoms with Crippen LogP contribution in [-0.4, -0.2) is 53.6 Å². The van der Waals surface area contributed by atoms with E-state index in [4.69, 9.17) is 9.47 Å². The van der Waals surface area contributed by atoms with Gasteiger partial charge in [-0.2, -0.15) is 0 Å². The van der Waals surface area contributed by atoms with Crippen LogP contribution in [0.15, 0.2) is 29.3 Å². The van der Waals surface area contributed by atoms with Crippen molar-refractivity contribution in [3.05, 3.63) is 41.5 Å². The van der Waals surface area contributed by atoms with Crippen molar-refractivity contribution in [2.75, 3.05) is 26.8 Å². The van der Waals surface area contributed by atoms with Gasteiger partial charge in [-0.1, -0.05) is 18.2 Å². The predicted octanol–water partition coefficient (Wildman–Crippen LogP) is 0.809. The second kappa shape index (κ2) is 8.66. The minimum Gasteiger partial charge on any atom is -0.488 e. The van der Waals surface area contributed by atoms with E-state index >= 15 is 0 Å². The lowest BCUT2D eigenvalue weighted by atomic mass is 10.1. The molecule has 8 nitrogen and oxygen atoms in total. The Bertz CT molecular complexity index is 733. The average Bonchev–Trinajstić information content (AvgIpc) is 3.21. The summed E-state index contributed by atoms with van der Waals surface area (Å²) in [5, 5.41) is 14.8. The Hall–Kier alpha value is -2.61. The third-order valence-electron chi connectivity index (χ3n) is 4.37. The standard InChI is InChI=1S/C18H26N6O2/c1-13-22-23-17(24(13)2)12-21-18(19-8-9-25-3)20-11-15-10-14-6-4-5-7-16(14)26-15/h4-7,15H,8-12H2,1-3H3,(H2,19,20,21). The lowest BCUT2D eigenvalue weighted by Crippen LogP contribution is -2.43. The summed E-state index contributed by atoms with van der Waals surface area (Å²) in [6, 6.07) is 8.16. The molecule has 0 amide bonds. The highest BCUT2D eigenvalue weighted by atomic mass is 16.5. The maximum atomic E-state index is 5.97. The van der Waals surface area contributed by atoms with Gasteiger partial charge in [-0.3, -0.25) is 0 Å². The van der Waals surface area contributed by atoms with E-state index in [2.05, 4.69) is 31.9 Å². The third kappa shape index (κ3) is 4.51. The van der Waals surface area contributed by atoms with Crippen molar-refractivity contribution in [3.63, 3.8) is 0 Å². The topological polar surface area (TPSA) is 85.6 Å². The van der Waals surface area contributed by atoms with E-state index < -0.39 is 0 Å². The molecule has 3 rings (SSSR count). The number of ether oxygens (including phenoxy) is 2. The van der Waals surface area contributed by atoms with Gasteiger partial charge in [0.2, 0.25) is 0 Å². The molecule has 26 heavy (non-hydrogen) atoms. The van der Waals surface area contributed by atoms with Gasteiger partial charge in [0.15, 0.2) is 11.8 Å². The summed E-state index contributed by atoms with van der Waals surface area (Å²) in [5.74, 6) is 3.37. The molecule has 1 unspecified atom stereocenters. The van der Waals surface area contributed by atoms with Crippen molar-refractivity contribution in [1.82, 2.24) is 25.4 Å². The minimum atomic E-state index is 0.0962. The predicted molar refractivity (Wildman–Crippen MR) is 99.3 cm³/mol. The molecule has 0 radical (unpaired) electrons. The van der Waals surface area contributed by atoms with Crippen LogP contribution in [0, 0.1) is 6.92 Å². The molecule has 0 spiro atoms. The molecule has 1 aliphatic heterocycles. The molecule has 140 valence electrons. The van der Waals surface area contributed by atoms with Gasteiger partial charge < -0.3 is 24.7 Å². The van der Waals surface area contributed by atoms with Gasteiger partial charge in [-0.05, 0) is 18.6 Å². The van der Waals surface area contributed by atoms with Crippen LogP contribution >= 0.6 is 0 Å². The van der Waals surface area contributed by atoms with Gasteiger partial charge in [-0.15, -0.1) is 10.2 Å². The highest BCUT2D eigenvalue weighted by Crippen LogP contribution is 2.27. The Kier molecular flexibility index (Phi) is 6.06. The molecule has 1 aliphatic rings. The number of methoxy groups -OCH3 is 1. The van der Waals surface area contributed by atoms with Crippen LogP contribution in [0.25, 0.3) is 0 Å². The molecule has 1 aromatic carbocycles. The fraction of sp³-hybridized carbons (Fsp3) is 0.500. The van der Waals surface area contributed by atoms with Gasteiger partial charge in [0.1, 0.15) is 24.2 Å². The molecule has 2 heterocycles. The zero-order chi connectivity index (χ0) is 18.4. The molecule has 0 saturated carbocycles. The molecule has 2 aromatic rings. The van der Waals surface area contributed by atoms with Crippen LogP contribution in [-0.2, 0) is 24.8 Å². The first-order valence-electron chi connectivity index (χ1n) is 8.78. The maximum absolute atomic E-state index is 5.97. The maximum Gasteiger partial charge on any atom is 0.191 e. The summed E-state index contributed by atoms with van der Waals surface area (Å²) in [5.41, 5.74) is 1.25. The molecule has 0 aliphatic carbocycles. The number of aromatic nitrogens is 3. The number of aliphatic imine (C=N–C) groups is 1. The zero-order valence-corrected chi connectivity index (χ0v) is 15.5. The SMILES string of the molecule is COCCNC(=NCc1nnc(C)n1C)NCC1Cc2ccccc2O1. The number of hydrogen-bond acceptors (Lipinski definition) is 5. The average molecular weight is 358 g/mol. The van der Waals surface area contributed by atoms with Crippen molar-refractivity contribution in [2.45, 2.75) is 26.0 Å². The highest BCUT2D eigenvalue weighted by Gasteiger charge is 2.22. The molecular weight excluding hydrogens is 332 g/mol. The fourth-order valence-electron chi connectivity index (χ4n) is 2.76. The summed E-state index contributed by atoms with van der Waals surface area (Å²) in [6.07, 6.45) is 0.996. The fourth-order valence-corrected chi connectivity index (χ4v) is 2.76. The van der Waals surface area contributed by atoms with Crippen molar-refractivity contribution >= 4 is 5.96 Å². The molecule has 2 N–H and O–H groups in total. The number of aryl methyl sites for hydroxylation is 1. The quantitative estimate of drug-likeness (QED) is 0.433. The Morgan fingerprint density at radius 1 is 1.35 bits per heavy atom. The number of nitrogens with one attached hydrogen (secondary N) is 2. The Morgan fingerprint density at radius 3 is 2.92 bits per heavy atom. The first kappa shape index (κ1) is 18.2. The zero-order valence-electron chi connectivity index (χ0n) is 15.5. The van der Waals surface area contributed by atoms with Crippen molar-refractivity contribution in [2.24, 2.45) is 12.0 Å². The normalized spacial score (nSPS) is 16.3. The second-order valence-corrected chi connectivity index (χ2v) is 6.24. The van der Waals surface area contributed by atoms with E-state index in [0.717, 1.165) is 23.8 Å². The van der Waals surface area contributed by atoms with Crippen LogP contribution in [0.2, 0.25) is 0 Å². The molecule has 1 aromatic heterocycles. The van der Waals surface area contributed by atoms with Crippen LogP contribution < -0.4 is 15.4 Å². The molecule has 0 bridgehead atoms. The number of hydrogen-bond donors (Lipinski definition) is 2. The number of benzene rings is 1. The minimum absolute atomic E-state index is 0.0962. The molecule has 0 saturated heterocycles. The van der Waals surface area contributed by atoms with E-state index in [-0.39, 0.29) is 6.10 Å². The van der Waals surface area contributed by atoms with Crippen molar-refractivity contribution < 1.29 is 9.47 Å². The van der Waals surface area contributed by atoms with E-state index in [9.17, 15) is 0 Å². The summed E-state index contributed by atoms with van der Waals surface area (Å²) >= 11 is 0. The number of guanidine groups is 1. The summed E-state index contributed by atoms with van der Waals surface area (Å²) in [4.78, 5) is 4.61. The molecule has 1 atom stereocenters. The number of rotatable bonds is 7. The highest BCUT2D eigenvalue weighted by molar-refractivity contribution is 5.79. The summed E-state index contributed by atoms with van der Waals surface area (Å²) < 4.78 is 13.0. The smallest absolute Gasteiger partial charge is 0.191 e. The van der Waals surface area contributed by atoms with E-state index in [1.54, 1.807) is 7.11 Å². The van der Waals surface area contributed by atoms with Crippen LogP contribution in [0.5, 0.6) is 5.75 Å². The molecule has 0 fully saturated rings. The van der Waals surface area contributed by atoms with Crippen LogP contribution in [0.1, 0.15) is 17.2 Å². The number of para-hydroxylation sites is 1. The molecular formula is C18H26N6O2. The Labute approximate surface area is 153 Å². The summed E-state index contributed by atoms with van der Waals surface area (Å²) in [6.45, 7) is 4.32. The monoisotopic (exact) mass is 358 g/mol. The number of nitrogens with zero attached hydrogens (tertiary/aromatic N) is 4. The lowest BCUT2D eigenvalue weighted by Gasteiger charge is -2.16. The lowest BCUT2D eigenvalue weighted by molar-refractivity contribution is 0.203. The van der Waals surface area contributed by atoms with Crippen LogP contribution in [0.4, 0.5) is 0 Å². The van der Waals surface area contributed by atoms with Gasteiger partial charge in [-0.25, -0.2) is 4.99 Å². The van der Waals surface area contributed by atoms with Crippen molar-refractivity contribution in [1.29, 1.82) is 0 Å². The Morgan fingerprint density at radius 2 is 2.19 bits per heavy atom. The second-order valence-electron chi connectivity index (χ2n) is 6.24. The van der Waals surface area contributed by atoms with Gasteiger partial charge in [0, 0.05) is 27.1 Å². The molecule has 8 heteroatoms. The van der Waals surface area contributed by atoms with Gasteiger partial charge >= 0.3 is 0 Å². The first-order chi connectivity index (χ1) is 12.7. The van der Waals surface area contributed by atoms with E-state index in [1.807, 2.05) is 36.7 Å². The third-order valence-corrected chi connectivity index (χ3v) is 4.37. The Balaban J connectivity index is 1.57. The van der Waals surface area contributed by atoms with E-state index in [0.29, 0.717) is 32.2 Å². The van der Waals surface area contributed by atoms with Gasteiger partial charge in [0.25, 0.3) is 0 Å². The van der Waals surface area contributed by atoms with E-state index in [1.165, 1.54) is 5.56 Å². The van der Waals surface area contributed by atoms with Gasteiger partial charge in [0.05, 0.1) is 13.2 Å². The van der Waals surface area contributed by atoms with Crippen molar-refractivity contribution in [3.8, 4) is 5.75 Å².